The smallest absolute Gasteiger partial charge is 0.389 e. The Hall–Kier alpha value is -2.47. The normalized spacial score (nSPS) is 28.1. The Balaban J connectivity index is 1.40. The first-order valence-electron chi connectivity index (χ1n) is 12.1. The van der Waals surface area contributed by atoms with Crippen molar-refractivity contribution in [3.8, 4) is 0 Å². The van der Waals surface area contributed by atoms with Crippen molar-refractivity contribution in [1.29, 1.82) is 0 Å². The van der Waals surface area contributed by atoms with Gasteiger partial charge in [0.05, 0.1) is 29.4 Å². The second-order valence-corrected chi connectivity index (χ2v) is 10.7. The van der Waals surface area contributed by atoms with E-state index < -0.39 is 47.3 Å². The molecule has 2 fully saturated rings. The van der Waals surface area contributed by atoms with Crippen molar-refractivity contribution in [1.82, 2.24) is 16.0 Å². The van der Waals surface area contributed by atoms with E-state index >= 15 is 0 Å². The molecule has 0 aromatic heterocycles. The maximum absolute atomic E-state index is 12.9. The van der Waals surface area contributed by atoms with Gasteiger partial charge in [0.2, 0.25) is 5.91 Å². The van der Waals surface area contributed by atoms with Gasteiger partial charge in [-0.05, 0) is 67.5 Å². The van der Waals surface area contributed by atoms with E-state index in [0.29, 0.717) is 32.2 Å². The van der Waals surface area contributed by atoms with Crippen LogP contribution in [0.4, 0.5) is 13.2 Å². The summed E-state index contributed by atoms with van der Waals surface area (Å²) >= 11 is 3.43. The summed E-state index contributed by atoms with van der Waals surface area (Å²) in [5, 5.41) is 30.5. The molecule has 7 nitrogen and oxygen atoms in total. The SMILES string of the molecule is O=C(CNC(=O)c1cccc(C(F)(F)F)c1)N[C@@]1(C2CCC(O)(c3cccc(Br)c3)CC2)CNC[C@@H]1O. The molecule has 4 rings (SSSR count). The average Bonchev–Trinajstić information content (AvgIpc) is 3.23. The minimum Gasteiger partial charge on any atom is -0.389 e. The predicted octanol–water partition coefficient (Wildman–Crippen LogP) is 3.09. The van der Waals surface area contributed by atoms with Crippen LogP contribution in [0.15, 0.2) is 53.0 Å². The number of amides is 2. The molecule has 0 spiro atoms. The number of benzene rings is 2. The number of aliphatic hydroxyl groups excluding tert-OH is 1. The van der Waals surface area contributed by atoms with E-state index in [1.165, 1.54) is 6.07 Å². The fraction of sp³-hybridized carbons (Fsp3) is 0.462. The van der Waals surface area contributed by atoms with Crippen LogP contribution in [0.1, 0.15) is 47.2 Å². The summed E-state index contributed by atoms with van der Waals surface area (Å²) in [6, 6.07) is 11.5. The molecule has 2 aromatic rings. The zero-order chi connectivity index (χ0) is 26.8. The molecule has 2 aliphatic rings. The van der Waals surface area contributed by atoms with Crippen molar-refractivity contribution < 1.29 is 33.0 Å². The van der Waals surface area contributed by atoms with Crippen LogP contribution in [0.2, 0.25) is 0 Å². The number of carbonyl (C=O) groups is 2. The molecule has 37 heavy (non-hydrogen) atoms. The highest BCUT2D eigenvalue weighted by Gasteiger charge is 2.51. The van der Waals surface area contributed by atoms with Gasteiger partial charge in [-0.15, -0.1) is 0 Å². The van der Waals surface area contributed by atoms with Gasteiger partial charge in [0.1, 0.15) is 0 Å². The Kier molecular flexibility index (Phi) is 7.99. The van der Waals surface area contributed by atoms with E-state index in [0.717, 1.165) is 28.2 Å². The summed E-state index contributed by atoms with van der Waals surface area (Å²) in [5.41, 5.74) is -2.36. The molecule has 0 bridgehead atoms. The van der Waals surface area contributed by atoms with E-state index in [1.54, 1.807) is 0 Å². The van der Waals surface area contributed by atoms with Crippen LogP contribution in [-0.4, -0.2) is 53.3 Å². The highest BCUT2D eigenvalue weighted by molar-refractivity contribution is 9.10. The van der Waals surface area contributed by atoms with E-state index in [1.807, 2.05) is 24.3 Å². The second-order valence-electron chi connectivity index (χ2n) is 9.81. The van der Waals surface area contributed by atoms with Gasteiger partial charge in [-0.2, -0.15) is 13.2 Å². The molecule has 0 radical (unpaired) electrons. The number of hydrogen-bond donors (Lipinski definition) is 5. The number of rotatable bonds is 6. The highest BCUT2D eigenvalue weighted by Crippen LogP contribution is 2.45. The number of alkyl halides is 3. The summed E-state index contributed by atoms with van der Waals surface area (Å²) < 4.78 is 39.7. The lowest BCUT2D eigenvalue weighted by molar-refractivity contribution is -0.137. The summed E-state index contributed by atoms with van der Waals surface area (Å²) in [7, 11) is 0. The standard InChI is InChI=1S/C26H29BrF3N3O4/c27-20-6-2-4-18(12-20)24(37)9-7-17(8-10-24)25(15-31-13-21(25)34)33-22(35)14-32-23(36)16-3-1-5-19(11-16)26(28,29)30/h1-6,11-12,17,21,31,34,37H,7-10,13-15H2,(H,32,36)(H,33,35)/t17?,21-,24?,25+/m0/s1. The van der Waals surface area contributed by atoms with Crippen LogP contribution < -0.4 is 16.0 Å². The largest absolute Gasteiger partial charge is 0.416 e. The number of β-amino-alcohol motifs (C(OH)–C–C–N with tert-alkyl or cyclic N) is 1. The molecule has 200 valence electrons. The third-order valence-electron chi connectivity index (χ3n) is 7.49. The summed E-state index contributed by atoms with van der Waals surface area (Å²) in [5.74, 6) is -1.50. The van der Waals surface area contributed by atoms with Gasteiger partial charge < -0.3 is 26.2 Å². The summed E-state index contributed by atoms with van der Waals surface area (Å²) in [6.45, 7) is 0.142. The first-order valence-corrected chi connectivity index (χ1v) is 12.9. The molecule has 1 aliphatic carbocycles. The molecule has 1 saturated heterocycles. The fourth-order valence-electron chi connectivity index (χ4n) is 5.44. The molecule has 1 saturated carbocycles. The van der Waals surface area contributed by atoms with E-state index in [4.69, 9.17) is 0 Å². The van der Waals surface area contributed by atoms with Gasteiger partial charge in [0.15, 0.2) is 0 Å². The van der Waals surface area contributed by atoms with Crippen LogP contribution in [-0.2, 0) is 16.6 Å². The Bertz CT molecular complexity index is 1150. The monoisotopic (exact) mass is 583 g/mol. The highest BCUT2D eigenvalue weighted by atomic mass is 79.9. The second kappa shape index (κ2) is 10.7. The van der Waals surface area contributed by atoms with Crippen LogP contribution in [0.3, 0.4) is 0 Å². The lowest BCUT2D eigenvalue weighted by Crippen LogP contribution is -2.63. The van der Waals surface area contributed by atoms with E-state index in [-0.39, 0.29) is 18.0 Å². The molecule has 1 aliphatic heterocycles. The Morgan fingerprint density at radius 2 is 1.81 bits per heavy atom. The molecule has 11 heteroatoms. The van der Waals surface area contributed by atoms with Gasteiger partial charge in [0.25, 0.3) is 5.91 Å². The Morgan fingerprint density at radius 3 is 2.43 bits per heavy atom. The molecule has 2 amide bonds. The van der Waals surface area contributed by atoms with E-state index in [2.05, 4.69) is 31.9 Å². The van der Waals surface area contributed by atoms with Crippen molar-refractivity contribution in [2.24, 2.45) is 5.92 Å². The van der Waals surface area contributed by atoms with Crippen LogP contribution in [0.5, 0.6) is 0 Å². The van der Waals surface area contributed by atoms with Crippen molar-refractivity contribution in [3.63, 3.8) is 0 Å². The molecular weight excluding hydrogens is 555 g/mol. The first kappa shape index (κ1) is 27.6. The van der Waals surface area contributed by atoms with Crippen molar-refractivity contribution >= 4 is 27.7 Å². The maximum Gasteiger partial charge on any atom is 0.416 e. The van der Waals surface area contributed by atoms with Gasteiger partial charge >= 0.3 is 6.18 Å². The van der Waals surface area contributed by atoms with Crippen LogP contribution in [0, 0.1) is 5.92 Å². The zero-order valence-electron chi connectivity index (χ0n) is 19.9. The van der Waals surface area contributed by atoms with Gasteiger partial charge in [-0.1, -0.05) is 34.1 Å². The quantitative estimate of drug-likeness (QED) is 0.359. The first-order chi connectivity index (χ1) is 17.4. The topological polar surface area (TPSA) is 111 Å². The third-order valence-corrected chi connectivity index (χ3v) is 7.98. The molecule has 5 N–H and O–H groups in total. The summed E-state index contributed by atoms with van der Waals surface area (Å²) in [4.78, 5) is 25.2. The number of halogens is 4. The van der Waals surface area contributed by atoms with Gasteiger partial charge in [0, 0.05) is 23.1 Å². The van der Waals surface area contributed by atoms with E-state index in [9.17, 15) is 33.0 Å². The number of aliphatic hydroxyl groups is 2. The van der Waals surface area contributed by atoms with Gasteiger partial charge in [-0.25, -0.2) is 0 Å². The zero-order valence-corrected chi connectivity index (χ0v) is 21.5. The lowest BCUT2D eigenvalue weighted by Gasteiger charge is -2.46. The number of carbonyl (C=O) groups excluding carboxylic acids is 2. The van der Waals surface area contributed by atoms with Crippen molar-refractivity contribution in [3.05, 3.63) is 69.7 Å². The average molecular weight is 584 g/mol. The fourth-order valence-corrected chi connectivity index (χ4v) is 5.84. The van der Waals surface area contributed by atoms with Gasteiger partial charge in [-0.3, -0.25) is 9.59 Å². The Labute approximate surface area is 221 Å². The Morgan fingerprint density at radius 1 is 1.11 bits per heavy atom. The molecule has 2 aromatic carbocycles. The summed E-state index contributed by atoms with van der Waals surface area (Å²) in [6.07, 6.45) is -3.46. The minimum atomic E-state index is -4.59. The third kappa shape index (κ3) is 6.00. The maximum atomic E-state index is 12.9. The minimum absolute atomic E-state index is 0.131. The molecule has 0 unspecified atom stereocenters. The van der Waals surface area contributed by atoms with Crippen molar-refractivity contribution in [2.75, 3.05) is 19.6 Å². The lowest BCUT2D eigenvalue weighted by atomic mass is 9.67. The molecule has 2 atom stereocenters. The number of hydrogen-bond acceptors (Lipinski definition) is 5. The van der Waals surface area contributed by atoms with Crippen LogP contribution >= 0.6 is 15.9 Å². The van der Waals surface area contributed by atoms with Crippen LogP contribution in [0.25, 0.3) is 0 Å². The molecular formula is C26H29BrF3N3O4. The molecule has 1 heterocycles. The van der Waals surface area contributed by atoms with Crippen molar-refractivity contribution in [2.45, 2.75) is 49.1 Å². The predicted molar refractivity (Wildman–Crippen MR) is 134 cm³/mol. The number of nitrogens with one attached hydrogen (secondary N) is 3.